The van der Waals surface area contributed by atoms with Gasteiger partial charge in [-0.15, -0.1) is 5.76 Å². The average Bonchev–Trinajstić information content (AvgIpc) is 2.11. The molecule has 0 saturated carbocycles. The third-order valence-corrected chi connectivity index (χ3v) is 4.51. The molecule has 0 atom stereocenters. The fourth-order valence-electron chi connectivity index (χ4n) is 0.947. The van der Waals surface area contributed by atoms with Gasteiger partial charge in [0, 0.05) is 0 Å². The number of ketones is 1. The van der Waals surface area contributed by atoms with Crippen LogP contribution in [0.25, 0.3) is 0 Å². The van der Waals surface area contributed by atoms with Crippen LogP contribution in [0.4, 0.5) is 0 Å². The fraction of sp³-hybridized carbons (Fsp3) is 0.786. The van der Waals surface area contributed by atoms with E-state index in [-0.39, 0.29) is 29.9 Å². The van der Waals surface area contributed by atoms with Crippen molar-refractivity contribution in [2.75, 3.05) is 0 Å². The zero-order valence-electron chi connectivity index (χ0n) is 13.9. The van der Waals surface area contributed by atoms with Crippen LogP contribution in [0.15, 0.2) is 11.8 Å². The van der Waals surface area contributed by atoms with E-state index in [1.165, 1.54) is 13.8 Å². The zero-order valence-corrected chi connectivity index (χ0v) is 15.4. The molecule has 0 aromatic carbocycles. The monoisotopic (exact) mass is 324 g/mol. The Morgan fingerprint density at radius 2 is 1.20 bits per heavy atom. The number of rotatable bonds is 7. The van der Waals surface area contributed by atoms with Gasteiger partial charge in [0.05, 0.1) is 0 Å². The number of carbonyl (C=O) groups excluding carboxylic acids is 1. The summed E-state index contributed by atoms with van der Waals surface area (Å²) in [5.74, 6) is -0.375. The molecule has 0 rings (SSSR count). The Labute approximate surface area is 130 Å². The van der Waals surface area contributed by atoms with Gasteiger partial charge in [0.1, 0.15) is 0 Å². The van der Waals surface area contributed by atoms with Crippen LogP contribution in [0.1, 0.15) is 55.4 Å². The Morgan fingerprint density at radius 1 is 0.900 bits per heavy atom. The first-order valence-electron chi connectivity index (χ1n) is 6.77. The van der Waals surface area contributed by atoms with Gasteiger partial charge in [-0.3, -0.25) is 4.79 Å². The van der Waals surface area contributed by atoms with Gasteiger partial charge in [-0.25, -0.2) is 0 Å². The van der Waals surface area contributed by atoms with Crippen molar-refractivity contribution in [3.8, 4) is 0 Å². The molecule has 0 N–H and O–H groups in total. The van der Waals surface area contributed by atoms with Gasteiger partial charge < -0.3 is 5.11 Å². The van der Waals surface area contributed by atoms with Crippen LogP contribution in [-0.2, 0) is 33.8 Å². The molecule has 0 radical (unpaired) electrons. The van der Waals surface area contributed by atoms with Crippen molar-refractivity contribution in [3.63, 3.8) is 0 Å². The molecule has 0 aromatic heterocycles. The Kier molecular flexibility index (Phi) is 13.8. The summed E-state index contributed by atoms with van der Waals surface area (Å²) >= 11 is -2.18. The van der Waals surface area contributed by atoms with Crippen LogP contribution in [0.3, 0.4) is 0 Å². The van der Waals surface area contributed by atoms with E-state index in [9.17, 15) is 9.90 Å². The number of hydrogen-bond donors (Lipinski definition) is 0. The van der Waals surface area contributed by atoms with Gasteiger partial charge in [0.2, 0.25) is 0 Å². The maximum absolute atomic E-state index is 9.98. The van der Waals surface area contributed by atoms with E-state index in [4.69, 9.17) is 9.96 Å². The first-order valence-corrected chi connectivity index (χ1v) is 8.68. The second kappa shape index (κ2) is 12.5. The molecule has 0 heterocycles. The molecule has 0 aliphatic carbocycles. The molecule has 0 spiro atoms. The van der Waals surface area contributed by atoms with Crippen molar-refractivity contribution >= 4 is 5.78 Å². The summed E-state index contributed by atoms with van der Waals surface area (Å²) in [6, 6.07) is 0. The van der Waals surface area contributed by atoms with Crippen LogP contribution in [0.5, 0.6) is 0 Å². The average molecular weight is 324 g/mol. The molecule has 0 aromatic rings. The molecule has 0 fully saturated rings. The van der Waals surface area contributed by atoms with Crippen molar-refractivity contribution < 1.29 is 38.9 Å². The van der Waals surface area contributed by atoms with E-state index < -0.39 is 19.0 Å². The Bertz CT molecular complexity index is 260. The molecular formula is C14H28O5Ti. The second-order valence-corrected chi connectivity index (χ2v) is 7.00. The standard InChI is InChI=1S/C5H8O2.3C3H7O.Ti/c1-4(6)3-5(2)7;3*1-3(2)4;/h3,6H,1-2H3;3*3H,1-2H3;/q;3*-1;+4/p-1/b4-3-;;;;. The predicted octanol–water partition coefficient (Wildman–Crippen LogP) is 2.46. The minimum atomic E-state index is -2.18. The van der Waals surface area contributed by atoms with E-state index in [2.05, 4.69) is 0 Å². The minimum absolute atomic E-state index is 0.187. The molecule has 0 aliphatic rings. The topological polar surface area (TPSA) is 67.8 Å². The van der Waals surface area contributed by atoms with Crippen molar-refractivity contribution in [1.82, 2.24) is 0 Å². The van der Waals surface area contributed by atoms with Crippen molar-refractivity contribution in [1.29, 1.82) is 0 Å². The third-order valence-electron chi connectivity index (χ3n) is 1.40. The Balaban J connectivity index is 0. The fourth-order valence-corrected chi connectivity index (χ4v) is 3.01. The summed E-state index contributed by atoms with van der Waals surface area (Å²) in [4.78, 5) is 9.98. The second-order valence-electron chi connectivity index (χ2n) is 5.12. The van der Waals surface area contributed by atoms with Crippen LogP contribution in [0.2, 0.25) is 0 Å². The molecule has 5 nitrogen and oxygen atoms in total. The van der Waals surface area contributed by atoms with Crippen LogP contribution < -0.4 is 5.11 Å². The van der Waals surface area contributed by atoms with Gasteiger partial charge in [0.15, 0.2) is 5.78 Å². The van der Waals surface area contributed by atoms with Gasteiger partial charge in [-0.05, 0) is 13.0 Å². The van der Waals surface area contributed by atoms with Crippen molar-refractivity contribution in [2.24, 2.45) is 0 Å². The van der Waals surface area contributed by atoms with E-state index in [1.807, 2.05) is 41.5 Å². The summed E-state index contributed by atoms with van der Waals surface area (Å²) in [5, 5.41) is 9.98. The van der Waals surface area contributed by atoms with Crippen LogP contribution >= 0.6 is 0 Å². The van der Waals surface area contributed by atoms with Crippen molar-refractivity contribution in [2.45, 2.75) is 73.7 Å². The zero-order chi connectivity index (χ0) is 16.3. The molecule has 0 saturated heterocycles. The summed E-state index contributed by atoms with van der Waals surface area (Å²) in [6.07, 6.45) is 1.62. The predicted molar refractivity (Wildman–Crippen MR) is 73.1 cm³/mol. The first-order chi connectivity index (χ1) is 9.04. The first kappa shape index (κ1) is 22.1. The van der Waals surface area contributed by atoms with Crippen LogP contribution in [0, 0.1) is 0 Å². The molecule has 118 valence electrons. The number of hydrogen-bond acceptors (Lipinski definition) is 5. The SMILES string of the molecule is CC(=O)/C=C(/C)[O-].CC(C)[O][Ti+]([O]C(C)C)[O]C(C)C. The quantitative estimate of drug-likeness (QED) is 0.409. The molecule has 0 amide bonds. The molecule has 0 bridgehead atoms. The summed E-state index contributed by atoms with van der Waals surface area (Å²) in [7, 11) is 0. The van der Waals surface area contributed by atoms with E-state index in [1.54, 1.807) is 0 Å². The molecule has 0 unspecified atom stereocenters. The molecule has 6 heteroatoms. The normalized spacial score (nSPS) is 11.7. The molecule has 20 heavy (non-hydrogen) atoms. The van der Waals surface area contributed by atoms with Crippen LogP contribution in [-0.4, -0.2) is 24.1 Å². The van der Waals surface area contributed by atoms with E-state index in [0.29, 0.717) is 0 Å². The van der Waals surface area contributed by atoms with Gasteiger partial charge >= 0.3 is 88.8 Å². The van der Waals surface area contributed by atoms with Gasteiger partial charge in [-0.2, -0.15) is 0 Å². The molecule has 0 aliphatic heterocycles. The number of allylic oxidation sites excluding steroid dienone is 2. The van der Waals surface area contributed by atoms with Crippen molar-refractivity contribution in [3.05, 3.63) is 11.8 Å². The Morgan fingerprint density at radius 3 is 1.30 bits per heavy atom. The summed E-state index contributed by atoms with van der Waals surface area (Å²) in [6.45, 7) is 14.7. The van der Waals surface area contributed by atoms with Gasteiger partial charge in [-0.1, -0.05) is 6.92 Å². The third kappa shape index (κ3) is 20.1. The van der Waals surface area contributed by atoms with E-state index in [0.717, 1.165) is 6.08 Å². The number of carbonyl (C=O) groups is 1. The van der Waals surface area contributed by atoms with E-state index >= 15 is 0 Å². The van der Waals surface area contributed by atoms with Gasteiger partial charge in [0.25, 0.3) is 0 Å². The maximum atomic E-state index is 9.98. The summed E-state index contributed by atoms with van der Waals surface area (Å²) in [5.41, 5.74) is 0. The summed E-state index contributed by atoms with van der Waals surface area (Å²) < 4.78 is 16.8. The Hall–Kier alpha value is -0.196. The molecular weight excluding hydrogens is 296 g/mol.